The van der Waals surface area contributed by atoms with Crippen LogP contribution in [0.1, 0.15) is 27.2 Å². The molecule has 2 heterocycles. The molecular weight excluding hydrogens is 331 g/mol. The van der Waals surface area contributed by atoms with Crippen LogP contribution in [0.2, 0.25) is 0 Å². The average molecular weight is 352 g/mol. The zero-order chi connectivity index (χ0) is 17.6. The Hall–Kier alpha value is -1.42. The third-order valence-corrected chi connectivity index (χ3v) is 4.80. The first-order valence-corrected chi connectivity index (χ1v) is 8.65. The van der Waals surface area contributed by atoms with Crippen LogP contribution in [0.3, 0.4) is 0 Å². The Labute approximate surface area is 134 Å². The fourth-order valence-electron chi connectivity index (χ4n) is 2.65. The van der Waals surface area contributed by atoms with Gasteiger partial charge in [-0.2, -0.15) is 8.42 Å². The van der Waals surface area contributed by atoms with Gasteiger partial charge in [0, 0.05) is 13.0 Å². The van der Waals surface area contributed by atoms with E-state index < -0.39 is 45.1 Å². The number of hydrogen-bond acceptors (Lipinski definition) is 6. The Bertz CT molecular complexity index is 608. The fourth-order valence-corrected chi connectivity index (χ4v) is 3.35. The maximum atomic E-state index is 13.0. The number of hydrogen-bond donors (Lipinski definition) is 1. The molecule has 0 aromatic rings. The van der Waals surface area contributed by atoms with Gasteiger partial charge in [-0.1, -0.05) is 0 Å². The largest absolute Gasteiger partial charge is 0.444 e. The number of likely N-dealkylation sites (tertiary alicyclic amines) is 2. The highest BCUT2D eigenvalue weighted by atomic mass is 32.3. The average Bonchev–Trinajstić information content (AvgIpc) is 2.65. The third kappa shape index (κ3) is 4.31. The molecule has 8 nitrogen and oxygen atoms in total. The summed E-state index contributed by atoms with van der Waals surface area (Å²) < 4.78 is 39.9. The summed E-state index contributed by atoms with van der Waals surface area (Å²) in [6.07, 6.45) is -0.996. The van der Waals surface area contributed by atoms with Crippen LogP contribution in [0.25, 0.3) is 0 Å². The molecular formula is C13H21FN2O6S. The van der Waals surface area contributed by atoms with Crippen molar-refractivity contribution in [2.24, 2.45) is 0 Å². The normalized spacial score (nSPS) is 24.6. The van der Waals surface area contributed by atoms with Gasteiger partial charge in [-0.15, -0.1) is 3.89 Å². The molecule has 2 aliphatic rings. The predicted octanol–water partition coefficient (Wildman–Crippen LogP) is -0.132. The van der Waals surface area contributed by atoms with Gasteiger partial charge in [0.15, 0.2) is 0 Å². The van der Waals surface area contributed by atoms with Gasteiger partial charge in [-0.3, -0.25) is 4.79 Å². The maximum Gasteiger partial charge on any atom is 0.410 e. The van der Waals surface area contributed by atoms with Crippen molar-refractivity contribution in [2.75, 3.05) is 26.2 Å². The first-order chi connectivity index (χ1) is 10.3. The minimum Gasteiger partial charge on any atom is -0.444 e. The molecule has 1 unspecified atom stereocenters. The molecule has 0 aliphatic carbocycles. The molecule has 0 radical (unpaired) electrons. The van der Waals surface area contributed by atoms with Crippen molar-refractivity contribution in [1.29, 1.82) is 0 Å². The van der Waals surface area contributed by atoms with Crippen LogP contribution in [0.15, 0.2) is 0 Å². The number of rotatable bonds is 3. The standard InChI is InChI=1S/C13H21FN2O6S/c1-12(2,3)22-11(18)16-7-13(19,8-16)6-15-5-9(4-10(15)17)23(14,20)21/h9,19H,4-8H2,1-3H3. The second kappa shape index (κ2) is 5.59. The number of carbonyl (C=O) groups is 2. The van der Waals surface area contributed by atoms with E-state index in [0.29, 0.717) is 0 Å². The SMILES string of the molecule is CC(C)(C)OC(=O)N1CC(O)(CN2CC(S(=O)(=O)F)CC2=O)C1. The Morgan fingerprint density at radius 1 is 1.43 bits per heavy atom. The maximum absolute atomic E-state index is 13.0. The lowest BCUT2D eigenvalue weighted by atomic mass is 9.94. The first-order valence-electron chi connectivity index (χ1n) is 7.21. The number of β-amino-alcohol motifs (C(OH)–C–C–N with tert-alkyl or cyclic N) is 1. The van der Waals surface area contributed by atoms with E-state index in [1.807, 2.05) is 0 Å². The van der Waals surface area contributed by atoms with E-state index in [1.165, 1.54) is 4.90 Å². The lowest BCUT2D eigenvalue weighted by Gasteiger charge is -2.47. The number of nitrogens with zero attached hydrogens (tertiary/aromatic N) is 2. The van der Waals surface area contributed by atoms with Crippen LogP contribution in [-0.2, 0) is 19.8 Å². The minimum atomic E-state index is -4.79. The van der Waals surface area contributed by atoms with Gasteiger partial charge in [0.05, 0.1) is 19.6 Å². The van der Waals surface area contributed by atoms with E-state index in [0.717, 1.165) is 4.90 Å². The highest BCUT2D eigenvalue weighted by Gasteiger charge is 2.49. The van der Waals surface area contributed by atoms with E-state index in [-0.39, 0.29) is 26.2 Å². The number of aliphatic hydroxyl groups is 1. The van der Waals surface area contributed by atoms with E-state index in [2.05, 4.69) is 0 Å². The smallest absolute Gasteiger partial charge is 0.410 e. The van der Waals surface area contributed by atoms with Gasteiger partial charge >= 0.3 is 16.3 Å². The molecule has 0 aromatic heterocycles. The molecule has 2 aliphatic heterocycles. The summed E-state index contributed by atoms with van der Waals surface area (Å²) >= 11 is 0. The fraction of sp³-hybridized carbons (Fsp3) is 0.846. The molecule has 2 fully saturated rings. The molecule has 2 saturated heterocycles. The van der Waals surface area contributed by atoms with Crippen LogP contribution in [0.5, 0.6) is 0 Å². The van der Waals surface area contributed by atoms with Crippen molar-refractivity contribution in [2.45, 2.75) is 43.6 Å². The summed E-state index contributed by atoms with van der Waals surface area (Å²) in [4.78, 5) is 25.9. The monoisotopic (exact) mass is 352 g/mol. The van der Waals surface area contributed by atoms with Crippen molar-refractivity contribution < 1.29 is 31.7 Å². The Morgan fingerprint density at radius 2 is 2.00 bits per heavy atom. The molecule has 0 bridgehead atoms. The summed E-state index contributed by atoms with van der Waals surface area (Å²) in [5.41, 5.74) is -1.99. The summed E-state index contributed by atoms with van der Waals surface area (Å²) in [7, 11) is -4.79. The Morgan fingerprint density at radius 3 is 2.43 bits per heavy atom. The summed E-state index contributed by atoms with van der Waals surface area (Å²) in [6, 6.07) is 0. The summed E-state index contributed by atoms with van der Waals surface area (Å²) in [5, 5.41) is 8.92. The van der Waals surface area contributed by atoms with Crippen molar-refractivity contribution in [1.82, 2.24) is 9.80 Å². The molecule has 23 heavy (non-hydrogen) atoms. The zero-order valence-electron chi connectivity index (χ0n) is 13.3. The van der Waals surface area contributed by atoms with Gasteiger partial charge in [0.2, 0.25) is 5.91 Å². The van der Waals surface area contributed by atoms with Crippen LogP contribution < -0.4 is 0 Å². The van der Waals surface area contributed by atoms with E-state index in [4.69, 9.17) is 4.74 Å². The first kappa shape index (κ1) is 17.9. The Balaban J connectivity index is 1.88. The molecule has 132 valence electrons. The van der Waals surface area contributed by atoms with Gasteiger partial charge in [0.1, 0.15) is 16.5 Å². The second-order valence-corrected chi connectivity index (χ2v) is 8.75. The van der Waals surface area contributed by atoms with Gasteiger partial charge in [-0.05, 0) is 20.8 Å². The zero-order valence-corrected chi connectivity index (χ0v) is 14.1. The molecule has 2 rings (SSSR count). The van der Waals surface area contributed by atoms with Gasteiger partial charge in [0.25, 0.3) is 0 Å². The van der Waals surface area contributed by atoms with E-state index in [9.17, 15) is 27.0 Å². The number of halogens is 1. The van der Waals surface area contributed by atoms with E-state index in [1.54, 1.807) is 20.8 Å². The van der Waals surface area contributed by atoms with Crippen molar-refractivity contribution in [3.05, 3.63) is 0 Å². The van der Waals surface area contributed by atoms with E-state index >= 15 is 0 Å². The van der Waals surface area contributed by atoms with Crippen molar-refractivity contribution >= 4 is 22.2 Å². The second-order valence-electron chi connectivity index (χ2n) is 7.14. The van der Waals surface area contributed by atoms with Crippen molar-refractivity contribution in [3.8, 4) is 0 Å². The highest BCUT2D eigenvalue weighted by molar-refractivity contribution is 7.87. The minimum absolute atomic E-state index is 0.0290. The van der Waals surface area contributed by atoms with Crippen LogP contribution in [0, 0.1) is 0 Å². The van der Waals surface area contributed by atoms with Crippen LogP contribution in [-0.4, -0.2) is 78.0 Å². The molecule has 2 amide bonds. The quantitative estimate of drug-likeness (QED) is 0.710. The predicted molar refractivity (Wildman–Crippen MR) is 77.8 cm³/mol. The lowest BCUT2D eigenvalue weighted by molar-refractivity contribution is -0.139. The number of ether oxygens (including phenoxy) is 1. The van der Waals surface area contributed by atoms with Gasteiger partial charge in [-0.25, -0.2) is 4.79 Å². The van der Waals surface area contributed by atoms with Crippen LogP contribution >= 0.6 is 0 Å². The Kier molecular flexibility index (Phi) is 4.35. The topological polar surface area (TPSA) is 104 Å². The van der Waals surface area contributed by atoms with Gasteiger partial charge < -0.3 is 19.6 Å². The summed E-state index contributed by atoms with van der Waals surface area (Å²) in [6.45, 7) is 4.67. The highest BCUT2D eigenvalue weighted by Crippen LogP contribution is 2.27. The molecule has 0 saturated carbocycles. The molecule has 1 atom stereocenters. The summed E-state index contributed by atoms with van der Waals surface area (Å²) in [5.74, 6) is -0.527. The van der Waals surface area contributed by atoms with Crippen molar-refractivity contribution in [3.63, 3.8) is 0 Å². The molecule has 0 spiro atoms. The number of amides is 2. The molecule has 0 aromatic carbocycles. The molecule has 10 heteroatoms. The third-order valence-electron chi connectivity index (χ3n) is 3.68. The lowest BCUT2D eigenvalue weighted by Crippen LogP contribution is -2.68. The number of carbonyl (C=O) groups excluding carboxylic acids is 2. The van der Waals surface area contributed by atoms with Crippen LogP contribution in [0.4, 0.5) is 8.68 Å². The molecule has 1 N–H and O–H groups in total.